The first-order valence-electron chi connectivity index (χ1n) is 7.94. The van der Waals surface area contributed by atoms with Crippen LogP contribution in [0.15, 0.2) is 0 Å². The smallest absolute Gasteiger partial charge is 0.0897 e. The van der Waals surface area contributed by atoms with Crippen LogP contribution in [0.2, 0.25) is 0 Å². The Hall–Kier alpha value is -0.120. The summed E-state index contributed by atoms with van der Waals surface area (Å²) in [6, 6.07) is 0. The molecule has 1 aliphatic carbocycles. The molecule has 1 fully saturated rings. The lowest BCUT2D eigenvalue weighted by molar-refractivity contribution is 0.00527. The summed E-state index contributed by atoms with van der Waals surface area (Å²) in [6.07, 6.45) is 6.53. The second-order valence-corrected chi connectivity index (χ2v) is 6.97. The van der Waals surface area contributed by atoms with E-state index in [4.69, 9.17) is 4.74 Å². The predicted molar refractivity (Wildman–Crippen MR) is 80.3 cm³/mol. The highest BCUT2D eigenvalue weighted by atomic mass is 16.5. The second kappa shape index (κ2) is 8.23. The number of hydrogen-bond acceptors (Lipinski definition) is 3. The standard InChI is InChI=1S/C16H33NO2/c1-13(2)9-16(7-5-6-8-16)12-17-10-15(18)11-19-14(3)4/h13-15,17-18H,5-12H2,1-4H3. The molecule has 1 rings (SSSR count). The SMILES string of the molecule is CC(C)CC1(CNCC(O)COC(C)C)CCCC1. The van der Waals surface area contributed by atoms with Gasteiger partial charge in [0.15, 0.2) is 0 Å². The van der Waals surface area contributed by atoms with Crippen LogP contribution in [-0.4, -0.2) is 37.0 Å². The van der Waals surface area contributed by atoms with Crippen molar-refractivity contribution in [2.75, 3.05) is 19.7 Å². The summed E-state index contributed by atoms with van der Waals surface area (Å²) >= 11 is 0. The summed E-state index contributed by atoms with van der Waals surface area (Å²) in [5.74, 6) is 0.758. The van der Waals surface area contributed by atoms with Crippen LogP contribution in [0.4, 0.5) is 0 Å². The van der Waals surface area contributed by atoms with Gasteiger partial charge in [-0.15, -0.1) is 0 Å². The minimum Gasteiger partial charge on any atom is -0.389 e. The molecule has 0 aromatic carbocycles. The molecule has 0 saturated heterocycles. The molecule has 0 bridgehead atoms. The van der Waals surface area contributed by atoms with Crippen LogP contribution in [0.1, 0.15) is 59.8 Å². The number of nitrogens with one attached hydrogen (secondary N) is 1. The van der Waals surface area contributed by atoms with Crippen molar-refractivity contribution < 1.29 is 9.84 Å². The Balaban J connectivity index is 2.25. The summed E-state index contributed by atoms with van der Waals surface area (Å²) in [6.45, 7) is 10.7. The van der Waals surface area contributed by atoms with E-state index >= 15 is 0 Å². The second-order valence-electron chi connectivity index (χ2n) is 6.97. The van der Waals surface area contributed by atoms with E-state index in [-0.39, 0.29) is 12.2 Å². The van der Waals surface area contributed by atoms with Gasteiger partial charge in [0, 0.05) is 13.1 Å². The van der Waals surface area contributed by atoms with Gasteiger partial charge in [0.25, 0.3) is 0 Å². The van der Waals surface area contributed by atoms with E-state index in [9.17, 15) is 5.11 Å². The van der Waals surface area contributed by atoms with Crippen LogP contribution in [0.3, 0.4) is 0 Å². The maximum Gasteiger partial charge on any atom is 0.0897 e. The Morgan fingerprint density at radius 2 is 1.79 bits per heavy atom. The van der Waals surface area contributed by atoms with Gasteiger partial charge in [-0.3, -0.25) is 0 Å². The molecule has 1 aliphatic rings. The summed E-state index contributed by atoms with van der Waals surface area (Å²) < 4.78 is 5.43. The average Bonchev–Trinajstić information content (AvgIpc) is 2.74. The van der Waals surface area contributed by atoms with Crippen LogP contribution in [-0.2, 0) is 4.74 Å². The van der Waals surface area contributed by atoms with Crippen molar-refractivity contribution in [2.45, 2.75) is 72.0 Å². The maximum atomic E-state index is 9.85. The Morgan fingerprint density at radius 1 is 1.16 bits per heavy atom. The molecular weight excluding hydrogens is 238 g/mol. The fourth-order valence-electron chi connectivity index (χ4n) is 3.31. The Bertz CT molecular complexity index is 235. The number of ether oxygens (including phenoxy) is 1. The van der Waals surface area contributed by atoms with Crippen LogP contribution in [0.25, 0.3) is 0 Å². The molecule has 1 atom stereocenters. The number of hydrogen-bond donors (Lipinski definition) is 2. The fourth-order valence-corrected chi connectivity index (χ4v) is 3.31. The van der Waals surface area contributed by atoms with E-state index in [2.05, 4.69) is 19.2 Å². The van der Waals surface area contributed by atoms with Crippen molar-refractivity contribution >= 4 is 0 Å². The molecule has 3 heteroatoms. The molecule has 0 aliphatic heterocycles. The third kappa shape index (κ3) is 6.73. The number of aliphatic hydroxyl groups is 1. The molecule has 19 heavy (non-hydrogen) atoms. The maximum absolute atomic E-state index is 9.85. The third-order valence-electron chi connectivity index (χ3n) is 4.01. The van der Waals surface area contributed by atoms with E-state index in [1.54, 1.807) is 0 Å². The van der Waals surface area contributed by atoms with Crippen molar-refractivity contribution in [3.8, 4) is 0 Å². The molecule has 0 heterocycles. The van der Waals surface area contributed by atoms with Gasteiger partial charge < -0.3 is 15.2 Å². The van der Waals surface area contributed by atoms with E-state index in [0.717, 1.165) is 12.5 Å². The van der Waals surface area contributed by atoms with Crippen molar-refractivity contribution in [2.24, 2.45) is 11.3 Å². The summed E-state index contributed by atoms with van der Waals surface area (Å²) in [5, 5.41) is 13.3. The van der Waals surface area contributed by atoms with Crippen LogP contribution in [0, 0.1) is 11.3 Å². The zero-order valence-corrected chi connectivity index (χ0v) is 13.2. The lowest BCUT2D eigenvalue weighted by atomic mass is 9.78. The van der Waals surface area contributed by atoms with E-state index in [1.165, 1.54) is 32.1 Å². The Morgan fingerprint density at radius 3 is 2.32 bits per heavy atom. The normalized spacial score (nSPS) is 20.4. The highest BCUT2D eigenvalue weighted by molar-refractivity contribution is 4.87. The Labute approximate surface area is 119 Å². The highest BCUT2D eigenvalue weighted by Gasteiger charge is 2.33. The van der Waals surface area contributed by atoms with Crippen molar-refractivity contribution in [3.05, 3.63) is 0 Å². The first kappa shape index (κ1) is 16.9. The minimum absolute atomic E-state index is 0.191. The Kier molecular flexibility index (Phi) is 7.33. The highest BCUT2D eigenvalue weighted by Crippen LogP contribution is 2.42. The number of aliphatic hydroxyl groups excluding tert-OH is 1. The van der Waals surface area contributed by atoms with Gasteiger partial charge in [-0.05, 0) is 44.4 Å². The molecule has 0 spiro atoms. The molecular formula is C16H33NO2. The first-order valence-corrected chi connectivity index (χ1v) is 7.94. The van der Waals surface area contributed by atoms with Crippen LogP contribution in [0.5, 0.6) is 0 Å². The quantitative estimate of drug-likeness (QED) is 0.677. The number of rotatable bonds is 9. The first-order chi connectivity index (χ1) is 8.93. The lowest BCUT2D eigenvalue weighted by Crippen LogP contribution is -2.38. The summed E-state index contributed by atoms with van der Waals surface area (Å²) in [5.41, 5.74) is 0.479. The van der Waals surface area contributed by atoms with Gasteiger partial charge in [-0.2, -0.15) is 0 Å². The summed E-state index contributed by atoms with van der Waals surface area (Å²) in [7, 11) is 0. The lowest BCUT2D eigenvalue weighted by Gasteiger charge is -2.31. The largest absolute Gasteiger partial charge is 0.389 e. The zero-order chi connectivity index (χ0) is 14.3. The van der Waals surface area contributed by atoms with E-state index < -0.39 is 0 Å². The van der Waals surface area contributed by atoms with Crippen LogP contribution < -0.4 is 5.32 Å². The van der Waals surface area contributed by atoms with Crippen LogP contribution >= 0.6 is 0 Å². The molecule has 3 nitrogen and oxygen atoms in total. The molecule has 0 radical (unpaired) electrons. The minimum atomic E-state index is -0.389. The van der Waals surface area contributed by atoms with Gasteiger partial charge >= 0.3 is 0 Å². The predicted octanol–water partition coefficient (Wildman–Crippen LogP) is 2.97. The van der Waals surface area contributed by atoms with Gasteiger partial charge in [0.2, 0.25) is 0 Å². The van der Waals surface area contributed by atoms with E-state index in [0.29, 0.717) is 18.6 Å². The molecule has 0 aromatic heterocycles. The van der Waals surface area contributed by atoms with Crippen molar-refractivity contribution in [1.82, 2.24) is 5.32 Å². The van der Waals surface area contributed by atoms with Gasteiger partial charge in [0.05, 0.1) is 18.8 Å². The zero-order valence-electron chi connectivity index (χ0n) is 13.2. The molecule has 0 aromatic rings. The van der Waals surface area contributed by atoms with Gasteiger partial charge in [0.1, 0.15) is 0 Å². The third-order valence-corrected chi connectivity index (χ3v) is 4.01. The van der Waals surface area contributed by atoms with Crippen molar-refractivity contribution in [1.29, 1.82) is 0 Å². The average molecular weight is 271 g/mol. The van der Waals surface area contributed by atoms with Crippen molar-refractivity contribution in [3.63, 3.8) is 0 Å². The fraction of sp³-hybridized carbons (Fsp3) is 1.00. The monoisotopic (exact) mass is 271 g/mol. The molecule has 2 N–H and O–H groups in total. The van der Waals surface area contributed by atoms with E-state index in [1.807, 2.05) is 13.8 Å². The van der Waals surface area contributed by atoms with Gasteiger partial charge in [-0.1, -0.05) is 26.7 Å². The molecule has 1 unspecified atom stereocenters. The molecule has 1 saturated carbocycles. The molecule has 114 valence electrons. The van der Waals surface area contributed by atoms with Gasteiger partial charge in [-0.25, -0.2) is 0 Å². The summed E-state index contributed by atoms with van der Waals surface area (Å²) in [4.78, 5) is 0. The topological polar surface area (TPSA) is 41.5 Å². The molecule has 0 amide bonds.